The summed E-state index contributed by atoms with van der Waals surface area (Å²) in [6, 6.07) is 24.7. The molecule has 0 radical (unpaired) electrons. The standard InChI is InChI=1S/C26H24N2O4/c29-24-15-20(17-28(24)21-11-12-22-23(16-21)32-14-13-31-22)27-26(30)25(18-7-3-1-4-8-18)19-9-5-2-6-10-19/h1-12,16,20,25H,13-15,17H2,(H,27,30). The maximum Gasteiger partial charge on any atom is 0.232 e. The molecule has 1 atom stereocenters. The SMILES string of the molecule is O=C(NC1CC(=O)N(c2ccc3c(c2)OCCO3)C1)C(c1ccccc1)c1ccccc1. The average molecular weight is 428 g/mol. The Hall–Kier alpha value is -3.80. The largest absolute Gasteiger partial charge is 0.486 e. The van der Waals surface area contributed by atoms with E-state index >= 15 is 0 Å². The van der Waals surface area contributed by atoms with Gasteiger partial charge in [-0.2, -0.15) is 0 Å². The summed E-state index contributed by atoms with van der Waals surface area (Å²) in [7, 11) is 0. The normalized spacial score (nSPS) is 17.5. The zero-order chi connectivity index (χ0) is 21.9. The van der Waals surface area contributed by atoms with Crippen LogP contribution < -0.4 is 19.7 Å². The predicted octanol–water partition coefficient (Wildman–Crippen LogP) is 3.51. The molecule has 1 saturated heterocycles. The van der Waals surface area contributed by atoms with E-state index in [2.05, 4.69) is 5.32 Å². The van der Waals surface area contributed by atoms with E-state index in [1.807, 2.05) is 78.9 Å². The molecule has 2 aliphatic rings. The van der Waals surface area contributed by atoms with Gasteiger partial charge in [-0.3, -0.25) is 9.59 Å². The minimum Gasteiger partial charge on any atom is -0.486 e. The lowest BCUT2D eigenvalue weighted by Gasteiger charge is -2.23. The third kappa shape index (κ3) is 4.04. The van der Waals surface area contributed by atoms with Crippen molar-refractivity contribution in [2.24, 2.45) is 0 Å². The number of hydrogen-bond donors (Lipinski definition) is 1. The van der Waals surface area contributed by atoms with Crippen molar-refractivity contribution < 1.29 is 19.1 Å². The second-order valence-electron chi connectivity index (χ2n) is 8.00. The van der Waals surface area contributed by atoms with Crippen LogP contribution >= 0.6 is 0 Å². The quantitative estimate of drug-likeness (QED) is 0.675. The molecule has 3 aromatic rings. The summed E-state index contributed by atoms with van der Waals surface area (Å²) in [5, 5.41) is 3.11. The van der Waals surface area contributed by atoms with Crippen molar-refractivity contribution in [3.8, 4) is 11.5 Å². The van der Waals surface area contributed by atoms with Gasteiger partial charge < -0.3 is 19.7 Å². The Balaban J connectivity index is 1.33. The zero-order valence-corrected chi connectivity index (χ0v) is 17.6. The monoisotopic (exact) mass is 428 g/mol. The molecule has 6 heteroatoms. The first kappa shape index (κ1) is 20.1. The molecule has 5 rings (SSSR count). The Kier molecular flexibility index (Phi) is 5.50. The van der Waals surface area contributed by atoms with Gasteiger partial charge in [0.15, 0.2) is 11.5 Å². The van der Waals surface area contributed by atoms with Crippen LogP contribution in [0, 0.1) is 0 Å². The molecule has 32 heavy (non-hydrogen) atoms. The van der Waals surface area contributed by atoms with Crippen molar-refractivity contribution in [1.29, 1.82) is 0 Å². The third-order valence-corrected chi connectivity index (χ3v) is 5.84. The smallest absolute Gasteiger partial charge is 0.232 e. The van der Waals surface area contributed by atoms with E-state index in [-0.39, 0.29) is 24.3 Å². The van der Waals surface area contributed by atoms with E-state index in [1.165, 1.54) is 0 Å². The third-order valence-electron chi connectivity index (χ3n) is 5.84. The van der Waals surface area contributed by atoms with Gasteiger partial charge in [0.1, 0.15) is 13.2 Å². The minimum atomic E-state index is -0.434. The molecule has 2 aliphatic heterocycles. The number of fused-ring (bicyclic) bond motifs is 1. The van der Waals surface area contributed by atoms with E-state index in [4.69, 9.17) is 9.47 Å². The molecule has 2 heterocycles. The summed E-state index contributed by atoms with van der Waals surface area (Å²) in [5.41, 5.74) is 2.59. The highest BCUT2D eigenvalue weighted by atomic mass is 16.6. The summed E-state index contributed by atoms with van der Waals surface area (Å²) >= 11 is 0. The summed E-state index contributed by atoms with van der Waals surface area (Å²) < 4.78 is 11.2. The van der Waals surface area contributed by atoms with Crippen molar-refractivity contribution in [3.05, 3.63) is 90.0 Å². The molecule has 3 aromatic carbocycles. The summed E-state index contributed by atoms with van der Waals surface area (Å²) in [6.07, 6.45) is 0.260. The molecule has 0 aliphatic carbocycles. The van der Waals surface area contributed by atoms with Crippen LogP contribution in [-0.4, -0.2) is 37.6 Å². The minimum absolute atomic E-state index is 0.0250. The lowest BCUT2D eigenvalue weighted by molar-refractivity contribution is -0.122. The van der Waals surface area contributed by atoms with E-state index < -0.39 is 5.92 Å². The van der Waals surface area contributed by atoms with Crippen LogP contribution in [0.1, 0.15) is 23.5 Å². The topological polar surface area (TPSA) is 67.9 Å². The van der Waals surface area contributed by atoms with Gasteiger partial charge in [0.25, 0.3) is 0 Å². The van der Waals surface area contributed by atoms with Crippen LogP contribution in [-0.2, 0) is 9.59 Å². The highest BCUT2D eigenvalue weighted by Crippen LogP contribution is 2.35. The van der Waals surface area contributed by atoms with Gasteiger partial charge in [-0.05, 0) is 23.3 Å². The van der Waals surface area contributed by atoms with Gasteiger partial charge in [-0.25, -0.2) is 0 Å². The van der Waals surface area contributed by atoms with Crippen molar-refractivity contribution in [1.82, 2.24) is 5.32 Å². The van der Waals surface area contributed by atoms with E-state index in [0.29, 0.717) is 31.3 Å². The van der Waals surface area contributed by atoms with E-state index in [0.717, 1.165) is 16.8 Å². The number of benzene rings is 3. The Morgan fingerprint density at radius 1 is 0.875 bits per heavy atom. The Morgan fingerprint density at radius 2 is 1.50 bits per heavy atom. The highest BCUT2D eigenvalue weighted by molar-refractivity contribution is 5.97. The molecule has 6 nitrogen and oxygen atoms in total. The molecule has 1 N–H and O–H groups in total. The fourth-order valence-corrected chi connectivity index (χ4v) is 4.32. The van der Waals surface area contributed by atoms with Crippen molar-refractivity contribution >= 4 is 17.5 Å². The molecule has 1 fully saturated rings. The van der Waals surface area contributed by atoms with E-state index in [9.17, 15) is 9.59 Å². The number of ether oxygens (including phenoxy) is 2. The van der Waals surface area contributed by atoms with Crippen molar-refractivity contribution in [2.45, 2.75) is 18.4 Å². The number of amides is 2. The Morgan fingerprint density at radius 3 is 2.16 bits per heavy atom. The second kappa shape index (κ2) is 8.75. The first-order chi connectivity index (χ1) is 15.7. The molecule has 0 bridgehead atoms. The number of carbonyl (C=O) groups excluding carboxylic acids is 2. The highest BCUT2D eigenvalue weighted by Gasteiger charge is 2.34. The van der Waals surface area contributed by atoms with Gasteiger partial charge in [0.05, 0.1) is 12.0 Å². The summed E-state index contributed by atoms with van der Waals surface area (Å²) in [4.78, 5) is 27.8. The lowest BCUT2D eigenvalue weighted by atomic mass is 9.90. The summed E-state index contributed by atoms with van der Waals surface area (Å²) in [6.45, 7) is 1.43. The molecule has 2 amide bonds. The van der Waals surface area contributed by atoms with Gasteiger partial charge in [0.2, 0.25) is 11.8 Å². The molecular formula is C26H24N2O4. The molecule has 162 valence electrons. The average Bonchev–Trinajstić information content (AvgIpc) is 3.20. The maximum absolute atomic E-state index is 13.4. The molecular weight excluding hydrogens is 404 g/mol. The van der Waals surface area contributed by atoms with Crippen LogP contribution in [0.5, 0.6) is 11.5 Å². The molecule has 0 aromatic heterocycles. The van der Waals surface area contributed by atoms with Crippen LogP contribution in [0.4, 0.5) is 5.69 Å². The van der Waals surface area contributed by atoms with Crippen LogP contribution in [0.2, 0.25) is 0 Å². The molecule has 0 spiro atoms. The van der Waals surface area contributed by atoms with Crippen LogP contribution in [0.25, 0.3) is 0 Å². The number of carbonyl (C=O) groups is 2. The first-order valence-electron chi connectivity index (χ1n) is 10.8. The fourth-order valence-electron chi connectivity index (χ4n) is 4.32. The summed E-state index contributed by atoms with van der Waals surface area (Å²) in [5.74, 6) is 0.760. The van der Waals surface area contributed by atoms with E-state index in [1.54, 1.807) is 4.90 Å². The van der Waals surface area contributed by atoms with Gasteiger partial charge in [0, 0.05) is 24.7 Å². The second-order valence-corrected chi connectivity index (χ2v) is 8.00. The van der Waals surface area contributed by atoms with Crippen LogP contribution in [0.15, 0.2) is 78.9 Å². The predicted molar refractivity (Wildman–Crippen MR) is 121 cm³/mol. The van der Waals surface area contributed by atoms with Gasteiger partial charge in [-0.1, -0.05) is 60.7 Å². The number of rotatable bonds is 5. The van der Waals surface area contributed by atoms with Gasteiger partial charge in [-0.15, -0.1) is 0 Å². The molecule has 0 saturated carbocycles. The maximum atomic E-state index is 13.4. The Labute approximate surface area is 186 Å². The molecule has 1 unspecified atom stereocenters. The van der Waals surface area contributed by atoms with Crippen molar-refractivity contribution in [2.75, 3.05) is 24.7 Å². The number of anilines is 1. The van der Waals surface area contributed by atoms with Gasteiger partial charge >= 0.3 is 0 Å². The number of nitrogens with zero attached hydrogens (tertiary/aromatic N) is 1. The first-order valence-corrected chi connectivity index (χ1v) is 10.8. The van der Waals surface area contributed by atoms with Crippen LogP contribution in [0.3, 0.4) is 0 Å². The lowest BCUT2D eigenvalue weighted by Crippen LogP contribution is -2.40. The number of nitrogens with one attached hydrogen (secondary N) is 1. The van der Waals surface area contributed by atoms with Crippen molar-refractivity contribution in [3.63, 3.8) is 0 Å². The fraction of sp³-hybridized carbons (Fsp3) is 0.231. The zero-order valence-electron chi connectivity index (χ0n) is 17.6. The number of hydrogen-bond acceptors (Lipinski definition) is 4. The Bertz CT molecular complexity index is 1080.